The molecule has 0 bridgehead atoms. The van der Waals surface area contributed by atoms with Gasteiger partial charge in [0.1, 0.15) is 0 Å². The molecule has 1 aliphatic rings. The standard InChI is InChI=1S/C15H18N2O/c1-2-6-14-13(4-1)5-3-7-15(14)16-12-17-8-10-18-11-9-17/h1-7,16H,8-12H2. The third kappa shape index (κ3) is 2.47. The Morgan fingerprint density at radius 2 is 1.78 bits per heavy atom. The minimum absolute atomic E-state index is 0.844. The smallest absolute Gasteiger partial charge is 0.0680 e. The van der Waals surface area contributed by atoms with Gasteiger partial charge in [0.25, 0.3) is 0 Å². The monoisotopic (exact) mass is 242 g/mol. The fourth-order valence-corrected chi connectivity index (χ4v) is 2.34. The van der Waals surface area contributed by atoms with Gasteiger partial charge in [-0.05, 0) is 11.5 Å². The summed E-state index contributed by atoms with van der Waals surface area (Å²) in [5.74, 6) is 0. The van der Waals surface area contributed by atoms with Gasteiger partial charge in [0.05, 0.1) is 19.9 Å². The number of nitrogens with one attached hydrogen (secondary N) is 1. The molecule has 1 fully saturated rings. The highest BCUT2D eigenvalue weighted by Crippen LogP contribution is 2.22. The molecule has 2 aromatic rings. The molecule has 0 radical (unpaired) electrons. The van der Waals surface area contributed by atoms with Gasteiger partial charge in [-0.3, -0.25) is 4.90 Å². The van der Waals surface area contributed by atoms with Gasteiger partial charge in [-0.1, -0.05) is 36.4 Å². The maximum Gasteiger partial charge on any atom is 0.0680 e. The SMILES string of the molecule is c1ccc2c(NCN3CCOCC3)cccc2c1. The molecule has 0 unspecified atom stereocenters. The minimum Gasteiger partial charge on any atom is -0.379 e. The summed E-state index contributed by atoms with van der Waals surface area (Å²) >= 11 is 0. The third-order valence-electron chi connectivity index (χ3n) is 3.39. The van der Waals surface area contributed by atoms with Gasteiger partial charge in [-0.2, -0.15) is 0 Å². The summed E-state index contributed by atoms with van der Waals surface area (Å²) in [6, 6.07) is 14.9. The molecule has 1 saturated heterocycles. The number of rotatable bonds is 3. The van der Waals surface area contributed by atoms with E-state index in [1.165, 1.54) is 16.5 Å². The first-order chi connectivity index (χ1) is 8.93. The highest BCUT2D eigenvalue weighted by atomic mass is 16.5. The summed E-state index contributed by atoms with van der Waals surface area (Å²) < 4.78 is 5.35. The molecule has 1 heterocycles. The maximum absolute atomic E-state index is 5.35. The van der Waals surface area contributed by atoms with Crippen LogP contribution in [0.2, 0.25) is 0 Å². The predicted molar refractivity (Wildman–Crippen MR) is 74.8 cm³/mol. The van der Waals surface area contributed by atoms with E-state index in [1.54, 1.807) is 0 Å². The molecular formula is C15H18N2O. The van der Waals surface area contributed by atoms with E-state index in [9.17, 15) is 0 Å². The van der Waals surface area contributed by atoms with E-state index >= 15 is 0 Å². The van der Waals surface area contributed by atoms with Gasteiger partial charge < -0.3 is 10.1 Å². The molecule has 0 saturated carbocycles. The Kier molecular flexibility index (Phi) is 3.44. The van der Waals surface area contributed by atoms with E-state index in [0.29, 0.717) is 0 Å². The van der Waals surface area contributed by atoms with Crippen LogP contribution in [0, 0.1) is 0 Å². The van der Waals surface area contributed by atoms with Gasteiger partial charge in [-0.15, -0.1) is 0 Å². The van der Waals surface area contributed by atoms with Crippen molar-refractivity contribution in [2.45, 2.75) is 0 Å². The number of nitrogens with zero attached hydrogens (tertiary/aromatic N) is 1. The molecule has 1 aliphatic heterocycles. The Morgan fingerprint density at radius 1 is 1.00 bits per heavy atom. The molecule has 3 heteroatoms. The average molecular weight is 242 g/mol. The molecule has 0 spiro atoms. The van der Waals surface area contributed by atoms with Gasteiger partial charge in [0, 0.05) is 24.2 Å². The highest BCUT2D eigenvalue weighted by molar-refractivity contribution is 5.93. The van der Waals surface area contributed by atoms with Crippen LogP contribution in [-0.4, -0.2) is 37.9 Å². The van der Waals surface area contributed by atoms with Crippen LogP contribution in [-0.2, 0) is 4.74 Å². The lowest BCUT2D eigenvalue weighted by Crippen LogP contribution is -2.39. The summed E-state index contributed by atoms with van der Waals surface area (Å²) in [7, 11) is 0. The fourth-order valence-electron chi connectivity index (χ4n) is 2.34. The van der Waals surface area contributed by atoms with Crippen LogP contribution >= 0.6 is 0 Å². The molecule has 0 amide bonds. The second kappa shape index (κ2) is 5.38. The molecule has 0 aromatic heterocycles. The first-order valence-electron chi connectivity index (χ1n) is 6.45. The van der Waals surface area contributed by atoms with E-state index in [4.69, 9.17) is 4.74 Å². The highest BCUT2D eigenvalue weighted by Gasteiger charge is 2.09. The number of benzene rings is 2. The van der Waals surface area contributed by atoms with Crippen molar-refractivity contribution in [2.24, 2.45) is 0 Å². The van der Waals surface area contributed by atoms with Crippen molar-refractivity contribution in [1.29, 1.82) is 0 Å². The van der Waals surface area contributed by atoms with Crippen LogP contribution in [0.25, 0.3) is 10.8 Å². The van der Waals surface area contributed by atoms with E-state index in [2.05, 4.69) is 52.7 Å². The van der Waals surface area contributed by atoms with E-state index in [0.717, 1.165) is 33.0 Å². The number of anilines is 1. The zero-order valence-corrected chi connectivity index (χ0v) is 10.4. The number of fused-ring (bicyclic) bond motifs is 1. The molecule has 3 rings (SSSR count). The molecule has 0 atom stereocenters. The Bertz CT molecular complexity index is 515. The second-order valence-electron chi connectivity index (χ2n) is 4.59. The van der Waals surface area contributed by atoms with Crippen molar-refractivity contribution in [3.05, 3.63) is 42.5 Å². The van der Waals surface area contributed by atoms with Gasteiger partial charge in [0.2, 0.25) is 0 Å². The molecule has 94 valence electrons. The first-order valence-corrected chi connectivity index (χ1v) is 6.45. The summed E-state index contributed by atoms with van der Waals surface area (Å²) in [5, 5.41) is 6.10. The first kappa shape index (κ1) is 11.5. The Morgan fingerprint density at radius 3 is 2.67 bits per heavy atom. The van der Waals surface area contributed by atoms with Crippen molar-refractivity contribution >= 4 is 16.5 Å². The van der Waals surface area contributed by atoms with Crippen molar-refractivity contribution in [3.63, 3.8) is 0 Å². The zero-order chi connectivity index (χ0) is 12.2. The second-order valence-corrected chi connectivity index (χ2v) is 4.59. The lowest BCUT2D eigenvalue weighted by Gasteiger charge is -2.27. The number of ether oxygens (including phenoxy) is 1. The largest absolute Gasteiger partial charge is 0.379 e. The molecule has 18 heavy (non-hydrogen) atoms. The summed E-state index contributed by atoms with van der Waals surface area (Å²) in [6.07, 6.45) is 0. The van der Waals surface area contributed by atoms with Crippen LogP contribution in [0.3, 0.4) is 0 Å². The molecule has 2 aromatic carbocycles. The maximum atomic E-state index is 5.35. The predicted octanol–water partition coefficient (Wildman–Crippen LogP) is 2.54. The van der Waals surface area contributed by atoms with Crippen molar-refractivity contribution < 1.29 is 4.74 Å². The minimum atomic E-state index is 0.844. The van der Waals surface area contributed by atoms with Crippen molar-refractivity contribution in [3.8, 4) is 0 Å². The molecular weight excluding hydrogens is 224 g/mol. The van der Waals surface area contributed by atoms with Gasteiger partial charge in [0.15, 0.2) is 0 Å². The molecule has 1 N–H and O–H groups in total. The quantitative estimate of drug-likeness (QED) is 0.895. The Balaban J connectivity index is 1.74. The van der Waals surface area contributed by atoms with Crippen LogP contribution in [0.1, 0.15) is 0 Å². The summed E-state index contributed by atoms with van der Waals surface area (Å²) in [4.78, 5) is 2.38. The molecule has 0 aliphatic carbocycles. The Labute approximate surface area is 107 Å². The van der Waals surface area contributed by atoms with Crippen LogP contribution in [0.15, 0.2) is 42.5 Å². The van der Waals surface area contributed by atoms with E-state index in [1.807, 2.05) is 0 Å². The van der Waals surface area contributed by atoms with Gasteiger partial charge in [-0.25, -0.2) is 0 Å². The number of hydrogen-bond donors (Lipinski definition) is 1. The van der Waals surface area contributed by atoms with Crippen LogP contribution in [0.5, 0.6) is 0 Å². The zero-order valence-electron chi connectivity index (χ0n) is 10.4. The van der Waals surface area contributed by atoms with Crippen LogP contribution in [0.4, 0.5) is 5.69 Å². The Hall–Kier alpha value is -1.58. The normalized spacial score (nSPS) is 16.9. The van der Waals surface area contributed by atoms with Crippen molar-refractivity contribution in [2.75, 3.05) is 38.3 Å². The van der Waals surface area contributed by atoms with Crippen molar-refractivity contribution in [1.82, 2.24) is 4.90 Å². The summed E-state index contributed by atoms with van der Waals surface area (Å²) in [5.41, 5.74) is 1.21. The van der Waals surface area contributed by atoms with E-state index < -0.39 is 0 Å². The lowest BCUT2D eigenvalue weighted by atomic mass is 10.1. The van der Waals surface area contributed by atoms with Gasteiger partial charge >= 0.3 is 0 Å². The van der Waals surface area contributed by atoms with Crippen LogP contribution < -0.4 is 5.32 Å². The number of hydrogen-bond acceptors (Lipinski definition) is 3. The number of morpholine rings is 1. The lowest BCUT2D eigenvalue weighted by molar-refractivity contribution is 0.0415. The topological polar surface area (TPSA) is 24.5 Å². The van der Waals surface area contributed by atoms with E-state index in [-0.39, 0.29) is 0 Å². The average Bonchev–Trinajstić information content (AvgIpc) is 2.46. The summed E-state index contributed by atoms with van der Waals surface area (Å²) in [6.45, 7) is 4.60. The third-order valence-corrected chi connectivity index (χ3v) is 3.39. The fraction of sp³-hybridized carbons (Fsp3) is 0.333. The molecule has 3 nitrogen and oxygen atoms in total.